The summed E-state index contributed by atoms with van der Waals surface area (Å²) in [5, 5.41) is 8.47. The molecule has 0 amide bonds. The molecule has 1 N–H and O–H groups in total. The van der Waals surface area contributed by atoms with Gasteiger partial charge in [-0.1, -0.05) is 20.3 Å². The van der Waals surface area contributed by atoms with Gasteiger partial charge in [0.15, 0.2) is 0 Å². The molecule has 0 aromatic heterocycles. The SMILES string of the molecule is CCCC(C)CO.[CaH2]. The van der Waals surface area contributed by atoms with Gasteiger partial charge in [-0.2, -0.15) is 0 Å². The van der Waals surface area contributed by atoms with Crippen LogP contribution in [0.3, 0.4) is 0 Å². The molecule has 0 rings (SSSR count). The van der Waals surface area contributed by atoms with E-state index in [-0.39, 0.29) is 37.7 Å². The second-order valence-electron chi connectivity index (χ2n) is 2.08. The summed E-state index contributed by atoms with van der Waals surface area (Å²) in [6.07, 6.45) is 2.33. The van der Waals surface area contributed by atoms with E-state index in [4.69, 9.17) is 5.11 Å². The molecule has 0 radical (unpaired) electrons. The molecule has 2 heteroatoms. The third-order valence-electron chi connectivity index (χ3n) is 1.09. The summed E-state index contributed by atoms with van der Waals surface area (Å²) in [5.74, 6) is 0.505. The Bertz CT molecular complexity index is 39.5. The van der Waals surface area contributed by atoms with Gasteiger partial charge in [0.05, 0.1) is 0 Å². The van der Waals surface area contributed by atoms with Gasteiger partial charge in [-0.25, -0.2) is 0 Å². The first kappa shape index (κ1) is 12.0. The third-order valence-corrected chi connectivity index (χ3v) is 1.09. The normalized spacial score (nSPS) is 12.4. The topological polar surface area (TPSA) is 20.2 Å². The summed E-state index contributed by atoms with van der Waals surface area (Å²) >= 11 is 0. The predicted molar refractivity (Wildman–Crippen MR) is 39.7 cm³/mol. The number of hydrogen-bond donors (Lipinski definition) is 1. The summed E-state index contributed by atoms with van der Waals surface area (Å²) < 4.78 is 0. The molecule has 48 valence electrons. The summed E-state index contributed by atoms with van der Waals surface area (Å²) in [4.78, 5) is 0. The summed E-state index contributed by atoms with van der Waals surface area (Å²) in [7, 11) is 0. The number of aliphatic hydroxyl groups is 1. The maximum atomic E-state index is 8.47. The average molecular weight is 144 g/mol. The molecule has 8 heavy (non-hydrogen) atoms. The molecule has 0 saturated carbocycles. The molecule has 1 unspecified atom stereocenters. The van der Waals surface area contributed by atoms with Gasteiger partial charge in [0.1, 0.15) is 0 Å². The molecule has 1 nitrogen and oxygen atoms in total. The van der Waals surface area contributed by atoms with Gasteiger partial charge in [0.2, 0.25) is 0 Å². The van der Waals surface area contributed by atoms with Crippen LogP contribution in [0.25, 0.3) is 0 Å². The van der Waals surface area contributed by atoms with Gasteiger partial charge in [-0.05, 0) is 12.3 Å². The summed E-state index contributed by atoms with van der Waals surface area (Å²) in [6, 6.07) is 0. The number of aliphatic hydroxyl groups excluding tert-OH is 1. The van der Waals surface area contributed by atoms with Crippen molar-refractivity contribution < 1.29 is 5.11 Å². The molecule has 0 fully saturated rings. The van der Waals surface area contributed by atoms with E-state index in [1.807, 2.05) is 0 Å². The standard InChI is InChI=1S/C6H14O.Ca.2H/c1-3-4-6(2)5-7;;;/h6-7H,3-5H2,1-2H3;;;. The summed E-state index contributed by atoms with van der Waals surface area (Å²) in [6.45, 7) is 4.53. The van der Waals surface area contributed by atoms with Gasteiger partial charge in [0.25, 0.3) is 0 Å². The minimum absolute atomic E-state index is 0. The molecule has 1 atom stereocenters. The van der Waals surface area contributed by atoms with Crippen LogP contribution in [0.1, 0.15) is 26.7 Å². The minimum atomic E-state index is 0. The van der Waals surface area contributed by atoms with E-state index < -0.39 is 0 Å². The van der Waals surface area contributed by atoms with Crippen LogP contribution in [0.15, 0.2) is 0 Å². The fraction of sp³-hybridized carbons (Fsp3) is 1.00. The van der Waals surface area contributed by atoms with Gasteiger partial charge in [0, 0.05) is 6.61 Å². The van der Waals surface area contributed by atoms with Crippen LogP contribution in [0.4, 0.5) is 0 Å². The average Bonchev–Trinajstić information content (AvgIpc) is 1.68. The van der Waals surface area contributed by atoms with Crippen molar-refractivity contribution in [1.29, 1.82) is 0 Å². The van der Waals surface area contributed by atoms with Crippen LogP contribution in [-0.2, 0) is 0 Å². The number of rotatable bonds is 3. The van der Waals surface area contributed by atoms with Gasteiger partial charge in [-0.3, -0.25) is 0 Å². The Morgan fingerprint density at radius 1 is 1.50 bits per heavy atom. The number of hydrogen-bond acceptors (Lipinski definition) is 1. The Hall–Kier alpha value is 1.22. The molecular weight excluding hydrogens is 128 g/mol. The molecule has 0 aliphatic heterocycles. The molecule has 0 aliphatic carbocycles. The first-order chi connectivity index (χ1) is 3.31. The Morgan fingerprint density at radius 3 is 2.12 bits per heavy atom. The summed E-state index contributed by atoms with van der Waals surface area (Å²) in [5.41, 5.74) is 0. The molecule has 0 saturated heterocycles. The van der Waals surface area contributed by atoms with E-state index in [2.05, 4.69) is 13.8 Å². The predicted octanol–water partition coefficient (Wildman–Crippen LogP) is 0.499. The van der Waals surface area contributed by atoms with E-state index >= 15 is 0 Å². The van der Waals surface area contributed by atoms with E-state index in [9.17, 15) is 0 Å². The van der Waals surface area contributed by atoms with Crippen molar-refractivity contribution in [3.8, 4) is 0 Å². The third kappa shape index (κ3) is 7.22. The van der Waals surface area contributed by atoms with Crippen molar-refractivity contribution in [3.05, 3.63) is 0 Å². The van der Waals surface area contributed by atoms with Crippen LogP contribution < -0.4 is 0 Å². The molecule has 0 aromatic carbocycles. The molecule has 0 aliphatic rings. The fourth-order valence-electron chi connectivity index (χ4n) is 0.584. The zero-order valence-corrected chi connectivity index (χ0v) is 5.15. The van der Waals surface area contributed by atoms with Crippen LogP contribution in [0.5, 0.6) is 0 Å². The van der Waals surface area contributed by atoms with Crippen molar-refractivity contribution in [3.63, 3.8) is 0 Å². The van der Waals surface area contributed by atoms with E-state index in [1.54, 1.807) is 0 Å². The maximum absolute atomic E-state index is 8.47. The van der Waals surface area contributed by atoms with Crippen LogP contribution in [0, 0.1) is 5.92 Å². The first-order valence-corrected chi connectivity index (χ1v) is 2.92. The second-order valence-corrected chi connectivity index (χ2v) is 2.08. The zero-order chi connectivity index (χ0) is 5.70. The van der Waals surface area contributed by atoms with Crippen molar-refractivity contribution in [1.82, 2.24) is 0 Å². The van der Waals surface area contributed by atoms with E-state index in [0.717, 1.165) is 6.42 Å². The van der Waals surface area contributed by atoms with Crippen molar-refractivity contribution in [2.45, 2.75) is 26.7 Å². The fourth-order valence-corrected chi connectivity index (χ4v) is 0.584. The van der Waals surface area contributed by atoms with Crippen molar-refractivity contribution in [2.75, 3.05) is 6.61 Å². The van der Waals surface area contributed by atoms with Crippen LogP contribution >= 0.6 is 0 Å². The van der Waals surface area contributed by atoms with Gasteiger partial charge < -0.3 is 5.11 Å². The Labute approximate surface area is 81.5 Å². The second kappa shape index (κ2) is 8.22. The quantitative estimate of drug-likeness (QED) is 0.572. The Morgan fingerprint density at radius 2 is 2.00 bits per heavy atom. The monoisotopic (exact) mass is 144 g/mol. The first-order valence-electron chi connectivity index (χ1n) is 2.92. The van der Waals surface area contributed by atoms with Crippen molar-refractivity contribution >= 4 is 37.7 Å². The molecule has 0 heterocycles. The molecular formula is C6H16CaO. The Kier molecular flexibility index (Phi) is 12.3. The Balaban J connectivity index is 0. The molecule has 0 spiro atoms. The van der Waals surface area contributed by atoms with Crippen molar-refractivity contribution in [2.24, 2.45) is 5.92 Å². The van der Waals surface area contributed by atoms with E-state index in [0.29, 0.717) is 12.5 Å². The van der Waals surface area contributed by atoms with E-state index in [1.165, 1.54) is 6.42 Å². The van der Waals surface area contributed by atoms with Crippen LogP contribution in [0.2, 0.25) is 0 Å². The van der Waals surface area contributed by atoms with Gasteiger partial charge >= 0.3 is 37.7 Å². The molecule has 0 aromatic rings. The van der Waals surface area contributed by atoms with Gasteiger partial charge in [-0.15, -0.1) is 0 Å². The molecule has 0 bridgehead atoms. The van der Waals surface area contributed by atoms with Crippen LogP contribution in [-0.4, -0.2) is 49.5 Å². The zero-order valence-electron chi connectivity index (χ0n) is 5.15.